The van der Waals surface area contributed by atoms with Crippen LogP contribution in [-0.2, 0) is 21.2 Å². The summed E-state index contributed by atoms with van der Waals surface area (Å²) < 4.78 is 48.5. The number of nitrogens with zero attached hydrogens (tertiary/aromatic N) is 1. The van der Waals surface area contributed by atoms with Crippen molar-refractivity contribution in [3.05, 3.63) is 47.5 Å². The quantitative estimate of drug-likeness (QED) is 0.603. The fourth-order valence-corrected chi connectivity index (χ4v) is 4.99. The summed E-state index contributed by atoms with van der Waals surface area (Å²) in [4.78, 5) is 12.7. The van der Waals surface area contributed by atoms with Crippen molar-refractivity contribution in [2.45, 2.75) is 11.3 Å². The van der Waals surface area contributed by atoms with Crippen molar-refractivity contribution in [3.8, 4) is 17.2 Å². The molecule has 0 aromatic heterocycles. The maximum Gasteiger partial charge on any atom is 0.251 e. The topological polar surface area (TPSA) is 103 Å². The van der Waals surface area contributed by atoms with Crippen molar-refractivity contribution >= 4 is 15.9 Å². The number of hydrogen-bond acceptors (Lipinski definition) is 7. The molecule has 174 valence electrons. The first-order chi connectivity index (χ1) is 15.4. The molecule has 0 unspecified atom stereocenters. The minimum atomic E-state index is -3.82. The van der Waals surface area contributed by atoms with Gasteiger partial charge in [-0.15, -0.1) is 0 Å². The van der Waals surface area contributed by atoms with E-state index in [4.69, 9.17) is 18.9 Å². The van der Waals surface area contributed by atoms with Gasteiger partial charge in [0.25, 0.3) is 5.91 Å². The third-order valence-electron chi connectivity index (χ3n) is 5.16. The van der Waals surface area contributed by atoms with Crippen LogP contribution in [0.4, 0.5) is 0 Å². The highest BCUT2D eigenvalue weighted by Gasteiger charge is 2.30. The van der Waals surface area contributed by atoms with E-state index in [1.54, 1.807) is 20.3 Å². The van der Waals surface area contributed by atoms with Gasteiger partial charge in [-0.1, -0.05) is 6.07 Å². The Morgan fingerprint density at radius 1 is 0.969 bits per heavy atom. The highest BCUT2D eigenvalue weighted by molar-refractivity contribution is 7.89. The number of rotatable bonds is 9. The van der Waals surface area contributed by atoms with E-state index in [1.165, 1.54) is 23.5 Å². The number of amides is 1. The van der Waals surface area contributed by atoms with Crippen molar-refractivity contribution in [2.24, 2.45) is 0 Å². The maximum atomic E-state index is 13.1. The molecule has 3 rings (SSSR count). The first-order valence-electron chi connectivity index (χ1n) is 10.2. The lowest BCUT2D eigenvalue weighted by Crippen LogP contribution is -2.40. The van der Waals surface area contributed by atoms with Crippen LogP contribution in [0.1, 0.15) is 15.9 Å². The summed E-state index contributed by atoms with van der Waals surface area (Å²) in [6, 6.07) is 9.95. The molecule has 1 N–H and O–H groups in total. The molecule has 1 aliphatic rings. The van der Waals surface area contributed by atoms with Crippen LogP contribution >= 0.6 is 0 Å². The number of sulfonamides is 1. The molecule has 1 heterocycles. The standard InChI is InChI=1S/C22H28N2O7S/c1-28-18-6-4-16(14-20(18)30-3)8-9-23-22(25)17-5-7-19(29-2)21(15-17)32(26,27)24-10-12-31-13-11-24/h4-7,14-15H,8-13H2,1-3H3,(H,23,25). The molecule has 1 amide bonds. The lowest BCUT2D eigenvalue weighted by Gasteiger charge is -2.26. The monoisotopic (exact) mass is 464 g/mol. The highest BCUT2D eigenvalue weighted by Crippen LogP contribution is 2.29. The average molecular weight is 465 g/mol. The van der Waals surface area contributed by atoms with Crippen molar-refractivity contribution in [1.29, 1.82) is 0 Å². The third kappa shape index (κ3) is 5.32. The van der Waals surface area contributed by atoms with Gasteiger partial charge in [0.2, 0.25) is 10.0 Å². The number of nitrogens with one attached hydrogen (secondary N) is 1. The molecule has 9 nitrogen and oxygen atoms in total. The smallest absolute Gasteiger partial charge is 0.251 e. The van der Waals surface area contributed by atoms with Crippen LogP contribution in [-0.4, -0.2) is 72.8 Å². The zero-order valence-electron chi connectivity index (χ0n) is 18.4. The van der Waals surface area contributed by atoms with Crippen LogP contribution < -0.4 is 19.5 Å². The Bertz CT molecular complexity index is 1050. The molecular weight excluding hydrogens is 436 g/mol. The lowest BCUT2D eigenvalue weighted by atomic mass is 10.1. The minimum Gasteiger partial charge on any atom is -0.495 e. The molecule has 1 saturated heterocycles. The predicted molar refractivity (Wildman–Crippen MR) is 118 cm³/mol. The van der Waals surface area contributed by atoms with E-state index in [9.17, 15) is 13.2 Å². The fourth-order valence-electron chi connectivity index (χ4n) is 3.40. The van der Waals surface area contributed by atoms with Gasteiger partial charge in [-0.05, 0) is 42.3 Å². The molecular formula is C22H28N2O7S. The molecule has 0 saturated carbocycles. The Kier molecular flexibility index (Phi) is 7.94. The van der Waals surface area contributed by atoms with Gasteiger partial charge in [-0.2, -0.15) is 4.31 Å². The van der Waals surface area contributed by atoms with Crippen LogP contribution in [0.15, 0.2) is 41.3 Å². The molecule has 0 aliphatic carbocycles. The van der Waals surface area contributed by atoms with Crippen LogP contribution in [0, 0.1) is 0 Å². The summed E-state index contributed by atoms with van der Waals surface area (Å²) in [5, 5.41) is 2.83. The van der Waals surface area contributed by atoms with Crippen molar-refractivity contribution in [2.75, 3.05) is 54.2 Å². The van der Waals surface area contributed by atoms with Crippen LogP contribution in [0.3, 0.4) is 0 Å². The van der Waals surface area contributed by atoms with Gasteiger partial charge in [0, 0.05) is 25.2 Å². The SMILES string of the molecule is COc1ccc(CCNC(=O)c2ccc(OC)c(S(=O)(=O)N3CCOCC3)c2)cc1OC. The Hall–Kier alpha value is -2.82. The number of benzene rings is 2. The van der Waals surface area contributed by atoms with Gasteiger partial charge < -0.3 is 24.3 Å². The lowest BCUT2D eigenvalue weighted by molar-refractivity contribution is 0.0729. The van der Waals surface area contributed by atoms with Crippen molar-refractivity contribution in [1.82, 2.24) is 9.62 Å². The summed E-state index contributed by atoms with van der Waals surface area (Å²) in [5.74, 6) is 1.07. The molecule has 32 heavy (non-hydrogen) atoms. The van der Waals surface area contributed by atoms with Crippen LogP contribution in [0.5, 0.6) is 17.2 Å². The van der Waals surface area contributed by atoms with Gasteiger partial charge in [0.15, 0.2) is 11.5 Å². The highest BCUT2D eigenvalue weighted by atomic mass is 32.2. The van der Waals surface area contributed by atoms with Crippen molar-refractivity contribution < 1.29 is 32.2 Å². The summed E-state index contributed by atoms with van der Waals surface area (Å²) in [6.07, 6.45) is 0.571. The summed E-state index contributed by atoms with van der Waals surface area (Å²) in [6.45, 7) is 1.54. The summed E-state index contributed by atoms with van der Waals surface area (Å²) in [5.41, 5.74) is 1.21. The second-order valence-electron chi connectivity index (χ2n) is 7.08. The molecule has 2 aromatic carbocycles. The summed E-state index contributed by atoms with van der Waals surface area (Å²) >= 11 is 0. The Morgan fingerprint density at radius 2 is 1.62 bits per heavy atom. The number of morpholine rings is 1. The Morgan fingerprint density at radius 3 is 2.28 bits per heavy atom. The Labute approximate surface area is 188 Å². The maximum absolute atomic E-state index is 13.1. The largest absolute Gasteiger partial charge is 0.495 e. The number of hydrogen-bond donors (Lipinski definition) is 1. The van der Waals surface area contributed by atoms with E-state index >= 15 is 0 Å². The van der Waals surface area contributed by atoms with Crippen molar-refractivity contribution in [3.63, 3.8) is 0 Å². The zero-order chi connectivity index (χ0) is 23.1. The Balaban J connectivity index is 1.71. The van der Waals surface area contributed by atoms with Gasteiger partial charge in [0.1, 0.15) is 10.6 Å². The van der Waals surface area contributed by atoms with E-state index in [0.717, 1.165) is 5.56 Å². The first kappa shape index (κ1) is 23.8. The number of carbonyl (C=O) groups excluding carboxylic acids is 1. The molecule has 1 aliphatic heterocycles. The first-order valence-corrected chi connectivity index (χ1v) is 11.6. The molecule has 10 heteroatoms. The zero-order valence-corrected chi connectivity index (χ0v) is 19.2. The molecule has 0 bridgehead atoms. The predicted octanol–water partition coefficient (Wildman–Crippen LogP) is 1.71. The average Bonchev–Trinajstić information content (AvgIpc) is 2.83. The minimum absolute atomic E-state index is 0.0329. The van der Waals surface area contributed by atoms with Gasteiger partial charge in [0.05, 0.1) is 34.5 Å². The third-order valence-corrected chi connectivity index (χ3v) is 7.08. The normalized spacial score (nSPS) is 14.6. The second kappa shape index (κ2) is 10.7. The number of ether oxygens (including phenoxy) is 4. The number of carbonyl (C=O) groups is 1. The van der Waals surface area contributed by atoms with Gasteiger partial charge in [-0.25, -0.2) is 8.42 Å². The van der Waals surface area contributed by atoms with Gasteiger partial charge >= 0.3 is 0 Å². The number of methoxy groups -OCH3 is 3. The van der Waals surface area contributed by atoms with E-state index < -0.39 is 10.0 Å². The molecule has 2 aromatic rings. The second-order valence-corrected chi connectivity index (χ2v) is 8.98. The van der Waals surface area contributed by atoms with E-state index in [2.05, 4.69) is 5.32 Å². The molecule has 0 spiro atoms. The summed E-state index contributed by atoms with van der Waals surface area (Å²) in [7, 11) is 0.718. The fraction of sp³-hybridized carbons (Fsp3) is 0.409. The van der Waals surface area contributed by atoms with E-state index in [-0.39, 0.29) is 35.2 Å². The van der Waals surface area contributed by atoms with Crippen LogP contribution in [0.25, 0.3) is 0 Å². The van der Waals surface area contributed by atoms with E-state index in [0.29, 0.717) is 37.7 Å². The molecule has 1 fully saturated rings. The molecule has 0 radical (unpaired) electrons. The molecule has 0 atom stereocenters. The van der Waals surface area contributed by atoms with Crippen LogP contribution in [0.2, 0.25) is 0 Å². The van der Waals surface area contributed by atoms with Gasteiger partial charge in [-0.3, -0.25) is 4.79 Å². The van der Waals surface area contributed by atoms with E-state index in [1.807, 2.05) is 18.2 Å².